The van der Waals surface area contributed by atoms with E-state index in [2.05, 4.69) is 15.3 Å². The Morgan fingerprint density at radius 1 is 1.43 bits per heavy atom. The van der Waals surface area contributed by atoms with Gasteiger partial charge in [0.05, 0.1) is 13.0 Å². The maximum absolute atomic E-state index is 12.9. The molecule has 1 saturated heterocycles. The molecule has 118 valence electrons. The van der Waals surface area contributed by atoms with E-state index in [0.29, 0.717) is 36.9 Å². The summed E-state index contributed by atoms with van der Waals surface area (Å²) in [4.78, 5) is 9.81. The molecule has 0 aromatic carbocycles. The summed E-state index contributed by atoms with van der Waals surface area (Å²) >= 11 is 0. The number of nitrogens with zero attached hydrogens (tertiary/aromatic N) is 3. The molecule has 1 aliphatic rings. The molecular weight excluding hydrogens is 285 g/mol. The van der Waals surface area contributed by atoms with Crippen molar-refractivity contribution < 1.29 is 17.9 Å². The van der Waals surface area contributed by atoms with Gasteiger partial charge in [0.1, 0.15) is 6.33 Å². The highest BCUT2D eigenvalue weighted by molar-refractivity contribution is 5.64. The lowest BCUT2D eigenvalue weighted by Gasteiger charge is -2.35. The Morgan fingerprint density at radius 3 is 2.81 bits per heavy atom. The smallest absolute Gasteiger partial charge is 0.393 e. The minimum absolute atomic E-state index is 0.0948. The minimum atomic E-state index is -4.18. The van der Waals surface area contributed by atoms with Gasteiger partial charge in [0, 0.05) is 19.6 Å². The number of anilines is 2. The fraction of sp³-hybridized carbons (Fsp3) is 0.692. The number of hydrogen-bond donors (Lipinski definition) is 1. The molecule has 1 fully saturated rings. The molecule has 1 aromatic heterocycles. The second kappa shape index (κ2) is 6.36. The molecule has 2 rings (SSSR count). The molecule has 0 amide bonds. The zero-order valence-corrected chi connectivity index (χ0v) is 12.1. The van der Waals surface area contributed by atoms with Crippen molar-refractivity contribution in [3.05, 3.63) is 6.33 Å². The van der Waals surface area contributed by atoms with Gasteiger partial charge in [0.25, 0.3) is 0 Å². The van der Waals surface area contributed by atoms with E-state index in [-0.39, 0.29) is 13.0 Å². The number of ether oxygens (including phenoxy) is 1. The maximum atomic E-state index is 12.9. The molecule has 2 heterocycles. The summed E-state index contributed by atoms with van der Waals surface area (Å²) in [6.45, 7) is 2.98. The summed E-state index contributed by atoms with van der Waals surface area (Å²) in [5.41, 5.74) is 0. The first-order chi connectivity index (χ1) is 9.97. The monoisotopic (exact) mass is 304 g/mol. The Hall–Kier alpha value is -1.73. The summed E-state index contributed by atoms with van der Waals surface area (Å²) in [6, 6.07) is 0. The molecule has 1 aliphatic heterocycles. The molecule has 5 nitrogen and oxygen atoms in total. The van der Waals surface area contributed by atoms with E-state index in [4.69, 9.17) is 4.74 Å². The van der Waals surface area contributed by atoms with Crippen LogP contribution in [-0.4, -0.2) is 42.9 Å². The second-order valence-electron chi connectivity index (χ2n) is 4.94. The van der Waals surface area contributed by atoms with Gasteiger partial charge in [-0.05, 0) is 19.8 Å². The van der Waals surface area contributed by atoms with Gasteiger partial charge in [-0.3, -0.25) is 0 Å². The molecule has 1 aromatic rings. The number of aromatic nitrogens is 2. The van der Waals surface area contributed by atoms with Crippen molar-refractivity contribution in [3.63, 3.8) is 0 Å². The minimum Gasteiger partial charge on any atom is -0.490 e. The number of piperidine rings is 1. The van der Waals surface area contributed by atoms with Gasteiger partial charge >= 0.3 is 6.18 Å². The van der Waals surface area contributed by atoms with Gasteiger partial charge in [0.2, 0.25) is 5.75 Å². The average molecular weight is 304 g/mol. The maximum Gasteiger partial charge on any atom is 0.393 e. The Morgan fingerprint density at radius 2 is 2.19 bits per heavy atom. The largest absolute Gasteiger partial charge is 0.490 e. The molecule has 21 heavy (non-hydrogen) atoms. The zero-order chi connectivity index (χ0) is 15.5. The van der Waals surface area contributed by atoms with Crippen LogP contribution in [0.15, 0.2) is 6.33 Å². The number of rotatable bonds is 4. The average Bonchev–Trinajstić information content (AvgIpc) is 2.46. The van der Waals surface area contributed by atoms with Crippen LogP contribution in [0.25, 0.3) is 0 Å². The van der Waals surface area contributed by atoms with Crippen molar-refractivity contribution in [1.82, 2.24) is 9.97 Å². The van der Waals surface area contributed by atoms with Gasteiger partial charge in [-0.15, -0.1) is 0 Å². The van der Waals surface area contributed by atoms with E-state index in [0.717, 1.165) is 0 Å². The highest BCUT2D eigenvalue weighted by atomic mass is 19.4. The standard InChI is InChI=1S/C13H19F3N4O/c1-3-17-11-10(21-2)12(19-8-18-11)20-6-4-5-9(7-20)13(14,15)16/h8-9H,3-7H2,1-2H3,(H,17,18,19). The van der Waals surface area contributed by atoms with Gasteiger partial charge in [-0.2, -0.15) is 13.2 Å². The predicted molar refractivity (Wildman–Crippen MR) is 73.7 cm³/mol. The van der Waals surface area contributed by atoms with Gasteiger partial charge < -0.3 is 15.0 Å². The predicted octanol–water partition coefficient (Wildman–Crippen LogP) is 2.70. The molecule has 1 unspecified atom stereocenters. The van der Waals surface area contributed by atoms with Gasteiger partial charge in [0.15, 0.2) is 11.6 Å². The Bertz CT molecular complexity index is 481. The van der Waals surface area contributed by atoms with Gasteiger partial charge in [-0.1, -0.05) is 0 Å². The fourth-order valence-corrected chi connectivity index (χ4v) is 2.51. The molecule has 0 bridgehead atoms. The van der Waals surface area contributed by atoms with Crippen molar-refractivity contribution >= 4 is 11.6 Å². The van der Waals surface area contributed by atoms with Crippen LogP contribution in [0, 0.1) is 5.92 Å². The Kier molecular flexibility index (Phi) is 4.74. The number of alkyl halides is 3. The molecular formula is C13H19F3N4O. The van der Waals surface area contributed by atoms with Crippen LogP contribution in [0.2, 0.25) is 0 Å². The number of nitrogens with one attached hydrogen (secondary N) is 1. The van der Waals surface area contributed by atoms with Crippen molar-refractivity contribution in [2.45, 2.75) is 25.9 Å². The molecule has 0 radical (unpaired) electrons. The third-order valence-corrected chi connectivity index (χ3v) is 3.52. The lowest BCUT2D eigenvalue weighted by molar-refractivity contribution is -0.176. The molecule has 0 spiro atoms. The van der Waals surface area contributed by atoms with E-state index >= 15 is 0 Å². The molecule has 8 heteroatoms. The van der Waals surface area contributed by atoms with E-state index < -0.39 is 12.1 Å². The topological polar surface area (TPSA) is 50.3 Å². The fourth-order valence-electron chi connectivity index (χ4n) is 2.51. The lowest BCUT2D eigenvalue weighted by atomic mass is 9.97. The third-order valence-electron chi connectivity index (χ3n) is 3.52. The Labute approximate surface area is 121 Å². The SMILES string of the molecule is CCNc1ncnc(N2CCCC(C(F)(F)F)C2)c1OC. The molecule has 1 N–H and O–H groups in total. The summed E-state index contributed by atoms with van der Waals surface area (Å²) < 4.78 is 44.0. The first-order valence-electron chi connectivity index (χ1n) is 6.91. The normalized spacial score (nSPS) is 19.5. The first-order valence-corrected chi connectivity index (χ1v) is 6.91. The summed E-state index contributed by atoms with van der Waals surface area (Å²) in [5.74, 6) is -0.0211. The highest BCUT2D eigenvalue weighted by Gasteiger charge is 2.42. The summed E-state index contributed by atoms with van der Waals surface area (Å²) in [6.07, 6.45) is -2.20. The highest BCUT2D eigenvalue weighted by Crippen LogP contribution is 2.38. The second-order valence-corrected chi connectivity index (χ2v) is 4.94. The van der Waals surface area contributed by atoms with E-state index in [1.807, 2.05) is 6.92 Å². The third kappa shape index (κ3) is 3.48. The molecule has 0 saturated carbocycles. The van der Waals surface area contributed by atoms with Gasteiger partial charge in [-0.25, -0.2) is 9.97 Å². The Balaban J connectivity index is 2.26. The quantitative estimate of drug-likeness (QED) is 0.927. The van der Waals surface area contributed by atoms with Crippen LogP contribution in [0.3, 0.4) is 0 Å². The first kappa shape index (κ1) is 15.7. The van der Waals surface area contributed by atoms with Crippen LogP contribution in [0.5, 0.6) is 5.75 Å². The van der Waals surface area contributed by atoms with Crippen LogP contribution >= 0.6 is 0 Å². The van der Waals surface area contributed by atoms with E-state index in [1.165, 1.54) is 13.4 Å². The molecule has 1 atom stereocenters. The van der Waals surface area contributed by atoms with E-state index in [1.54, 1.807) is 4.90 Å². The summed E-state index contributed by atoms with van der Waals surface area (Å²) in [5, 5.41) is 3.02. The van der Waals surface area contributed by atoms with Crippen molar-refractivity contribution in [1.29, 1.82) is 0 Å². The lowest BCUT2D eigenvalue weighted by Crippen LogP contribution is -2.42. The zero-order valence-electron chi connectivity index (χ0n) is 12.1. The van der Waals surface area contributed by atoms with Crippen LogP contribution in [0.4, 0.5) is 24.8 Å². The van der Waals surface area contributed by atoms with E-state index in [9.17, 15) is 13.2 Å². The van der Waals surface area contributed by atoms with Crippen molar-refractivity contribution in [2.75, 3.05) is 37.0 Å². The van der Waals surface area contributed by atoms with Crippen LogP contribution in [-0.2, 0) is 0 Å². The number of hydrogen-bond acceptors (Lipinski definition) is 5. The molecule has 0 aliphatic carbocycles. The van der Waals surface area contributed by atoms with Crippen molar-refractivity contribution in [2.24, 2.45) is 5.92 Å². The van der Waals surface area contributed by atoms with Crippen LogP contribution in [0.1, 0.15) is 19.8 Å². The number of methoxy groups -OCH3 is 1. The van der Waals surface area contributed by atoms with Crippen molar-refractivity contribution in [3.8, 4) is 5.75 Å². The van der Waals surface area contributed by atoms with Crippen LogP contribution < -0.4 is 15.0 Å². The summed E-state index contributed by atoms with van der Waals surface area (Å²) in [7, 11) is 1.47. The number of halogens is 3.